The van der Waals surface area contributed by atoms with Gasteiger partial charge < -0.3 is 4.90 Å². The lowest BCUT2D eigenvalue weighted by molar-refractivity contribution is -0.123. The Morgan fingerprint density at radius 1 is 0.969 bits per heavy atom. The molecule has 1 fully saturated rings. The smallest absolute Gasteiger partial charge is 0.305 e. The molecule has 1 saturated heterocycles. The van der Waals surface area contributed by atoms with Gasteiger partial charge in [0, 0.05) is 18.9 Å². The highest BCUT2D eigenvalue weighted by Crippen LogP contribution is 2.36. The Bertz CT molecular complexity index is 1300. The van der Waals surface area contributed by atoms with Crippen molar-refractivity contribution in [1.82, 2.24) is 9.88 Å². The molecule has 2 aromatic carbocycles. The Kier molecular flexibility index (Phi) is 5.52. The number of carbonyl (C=O) groups is 2. The van der Waals surface area contributed by atoms with Crippen LogP contribution in [-0.2, 0) is 21.2 Å². The van der Waals surface area contributed by atoms with E-state index < -0.39 is 27.3 Å². The number of halogens is 1. The second kappa shape index (κ2) is 8.03. The molecule has 1 aromatic heterocycles. The third-order valence-electron chi connectivity index (χ3n) is 5.43. The number of pyridine rings is 1. The Balaban J connectivity index is 1.69. The van der Waals surface area contributed by atoms with Crippen molar-refractivity contribution in [3.63, 3.8) is 0 Å². The second-order valence-corrected chi connectivity index (χ2v) is 10.2. The SMILES string of the molecule is CC1(C)C(=O)N(c2ccc(S(=O)(=O)c3ccccc3)c(Cl)c2)C(=O)N1Cc1ccncc1. The number of nitrogens with zero attached hydrogens (tertiary/aromatic N) is 3. The maximum Gasteiger partial charge on any atom is 0.332 e. The summed E-state index contributed by atoms with van der Waals surface area (Å²) in [7, 11) is -3.85. The Morgan fingerprint density at radius 3 is 2.25 bits per heavy atom. The number of sulfone groups is 1. The maximum atomic E-state index is 13.2. The van der Waals surface area contributed by atoms with Gasteiger partial charge in [-0.1, -0.05) is 29.8 Å². The van der Waals surface area contributed by atoms with Crippen molar-refractivity contribution >= 4 is 39.1 Å². The fraction of sp³-hybridized carbons (Fsp3) is 0.174. The van der Waals surface area contributed by atoms with Crippen molar-refractivity contribution in [1.29, 1.82) is 0 Å². The van der Waals surface area contributed by atoms with Gasteiger partial charge in [-0.05, 0) is 61.9 Å². The summed E-state index contributed by atoms with van der Waals surface area (Å²) < 4.78 is 25.9. The van der Waals surface area contributed by atoms with Crippen LogP contribution in [0.15, 0.2) is 82.8 Å². The number of aromatic nitrogens is 1. The highest BCUT2D eigenvalue weighted by atomic mass is 35.5. The number of anilines is 1. The molecule has 0 atom stereocenters. The lowest BCUT2D eigenvalue weighted by Gasteiger charge is -2.27. The van der Waals surface area contributed by atoms with Gasteiger partial charge in [0.15, 0.2) is 0 Å². The number of hydrogen-bond donors (Lipinski definition) is 0. The van der Waals surface area contributed by atoms with Crippen LogP contribution in [0.25, 0.3) is 0 Å². The zero-order valence-corrected chi connectivity index (χ0v) is 19.0. The van der Waals surface area contributed by atoms with Crippen molar-refractivity contribution in [2.75, 3.05) is 4.90 Å². The van der Waals surface area contributed by atoms with Gasteiger partial charge in [-0.3, -0.25) is 9.78 Å². The zero-order valence-electron chi connectivity index (χ0n) is 17.4. The van der Waals surface area contributed by atoms with Crippen molar-refractivity contribution in [2.45, 2.75) is 35.7 Å². The molecule has 1 aliphatic rings. The fourth-order valence-corrected chi connectivity index (χ4v) is 5.38. The molecule has 4 rings (SSSR count). The quantitative estimate of drug-likeness (QED) is 0.519. The van der Waals surface area contributed by atoms with Gasteiger partial charge in [-0.2, -0.15) is 0 Å². The highest BCUT2D eigenvalue weighted by molar-refractivity contribution is 7.91. The summed E-state index contributed by atoms with van der Waals surface area (Å²) in [6.45, 7) is 3.57. The molecule has 7 nitrogen and oxygen atoms in total. The van der Waals surface area contributed by atoms with Crippen LogP contribution in [0.4, 0.5) is 10.5 Å². The third kappa shape index (κ3) is 3.65. The van der Waals surface area contributed by atoms with E-state index in [9.17, 15) is 18.0 Å². The van der Waals surface area contributed by atoms with Crippen LogP contribution in [-0.4, -0.2) is 35.8 Å². The van der Waals surface area contributed by atoms with E-state index in [0.717, 1.165) is 10.5 Å². The molecule has 9 heteroatoms. The predicted molar refractivity (Wildman–Crippen MR) is 120 cm³/mol. The van der Waals surface area contributed by atoms with Gasteiger partial charge in [0.05, 0.1) is 20.5 Å². The number of carbonyl (C=O) groups excluding carboxylic acids is 2. The van der Waals surface area contributed by atoms with Gasteiger partial charge >= 0.3 is 6.03 Å². The summed E-state index contributed by atoms with van der Waals surface area (Å²) in [5.41, 5.74) is -0.0533. The third-order valence-corrected chi connectivity index (χ3v) is 7.68. The van der Waals surface area contributed by atoms with E-state index in [-0.39, 0.29) is 27.0 Å². The van der Waals surface area contributed by atoms with E-state index >= 15 is 0 Å². The average molecular weight is 470 g/mol. The summed E-state index contributed by atoms with van der Waals surface area (Å²) in [5, 5.41) is -0.0719. The molecule has 0 bridgehead atoms. The Hall–Kier alpha value is -3.23. The first-order valence-electron chi connectivity index (χ1n) is 9.79. The van der Waals surface area contributed by atoms with Crippen molar-refractivity contribution in [3.8, 4) is 0 Å². The average Bonchev–Trinajstić information content (AvgIpc) is 2.94. The van der Waals surface area contributed by atoms with E-state index in [1.165, 1.54) is 35.2 Å². The van der Waals surface area contributed by atoms with Gasteiger partial charge in [0.1, 0.15) is 5.54 Å². The van der Waals surface area contributed by atoms with Crippen LogP contribution >= 0.6 is 11.6 Å². The summed E-state index contributed by atoms with van der Waals surface area (Å²) in [6, 6.07) is 15.0. The molecule has 3 amide bonds. The summed E-state index contributed by atoms with van der Waals surface area (Å²) in [4.78, 5) is 32.8. The molecule has 0 spiro atoms. The molecule has 3 aromatic rings. The van der Waals surface area contributed by atoms with Gasteiger partial charge in [-0.25, -0.2) is 18.1 Å². The lowest BCUT2D eigenvalue weighted by atomic mass is 10.0. The number of amides is 3. The summed E-state index contributed by atoms with van der Waals surface area (Å²) in [5.74, 6) is -0.425. The standard InChI is InChI=1S/C23H20ClN3O4S/c1-23(2)21(28)27(22(29)26(23)15-16-10-12-25-13-11-16)17-8-9-20(19(24)14-17)32(30,31)18-6-4-3-5-7-18/h3-14H,15H2,1-2H3. The lowest BCUT2D eigenvalue weighted by Crippen LogP contribution is -2.43. The minimum atomic E-state index is -3.85. The zero-order chi connectivity index (χ0) is 23.1. The van der Waals surface area contributed by atoms with Crippen molar-refractivity contribution in [3.05, 3.63) is 83.6 Å². The Morgan fingerprint density at radius 2 is 1.62 bits per heavy atom. The first kappa shape index (κ1) is 22.0. The van der Waals surface area contributed by atoms with Crippen LogP contribution in [0, 0.1) is 0 Å². The van der Waals surface area contributed by atoms with Crippen molar-refractivity contribution < 1.29 is 18.0 Å². The largest absolute Gasteiger partial charge is 0.332 e. The van der Waals surface area contributed by atoms with Crippen LogP contribution in [0.3, 0.4) is 0 Å². The molecule has 164 valence electrons. The monoisotopic (exact) mass is 469 g/mol. The molecule has 0 radical (unpaired) electrons. The van der Waals surface area contributed by atoms with Gasteiger partial charge in [0.25, 0.3) is 5.91 Å². The number of urea groups is 1. The topological polar surface area (TPSA) is 87.7 Å². The molecular weight excluding hydrogens is 450 g/mol. The number of benzene rings is 2. The molecule has 2 heterocycles. The molecule has 0 saturated carbocycles. The van der Waals surface area contributed by atoms with Crippen molar-refractivity contribution in [2.24, 2.45) is 0 Å². The number of hydrogen-bond acceptors (Lipinski definition) is 5. The van der Waals surface area contributed by atoms with E-state index in [1.54, 1.807) is 56.6 Å². The molecular formula is C23H20ClN3O4S. The minimum absolute atomic E-state index is 0.0719. The fourth-order valence-electron chi connectivity index (χ4n) is 3.57. The number of rotatable bonds is 5. The van der Waals surface area contributed by atoms with E-state index in [2.05, 4.69) is 4.98 Å². The normalized spacial score (nSPS) is 16.0. The summed E-state index contributed by atoms with van der Waals surface area (Å²) >= 11 is 6.33. The van der Waals surface area contributed by atoms with Gasteiger partial charge in [-0.15, -0.1) is 0 Å². The van der Waals surface area contributed by atoms with Gasteiger partial charge in [0.2, 0.25) is 9.84 Å². The van der Waals surface area contributed by atoms with Crippen LogP contribution < -0.4 is 4.90 Å². The first-order valence-corrected chi connectivity index (χ1v) is 11.6. The highest BCUT2D eigenvalue weighted by Gasteiger charge is 2.51. The van der Waals surface area contributed by atoms with E-state index in [1.807, 2.05) is 0 Å². The van der Waals surface area contributed by atoms with Crippen LogP contribution in [0.2, 0.25) is 5.02 Å². The number of imide groups is 1. The maximum absolute atomic E-state index is 13.2. The molecule has 1 aliphatic heterocycles. The molecule has 0 unspecified atom stereocenters. The van der Waals surface area contributed by atoms with E-state index in [0.29, 0.717) is 0 Å². The molecule has 32 heavy (non-hydrogen) atoms. The van der Waals surface area contributed by atoms with Crippen LogP contribution in [0.1, 0.15) is 19.4 Å². The predicted octanol–water partition coefficient (Wildman–Crippen LogP) is 4.32. The molecule has 0 N–H and O–H groups in total. The minimum Gasteiger partial charge on any atom is -0.305 e. The first-order chi connectivity index (χ1) is 15.1. The van der Waals surface area contributed by atoms with Crippen LogP contribution in [0.5, 0.6) is 0 Å². The second-order valence-electron chi connectivity index (χ2n) is 7.85. The molecule has 0 aliphatic carbocycles. The van der Waals surface area contributed by atoms with E-state index in [4.69, 9.17) is 11.6 Å². The Labute approximate surface area is 191 Å². The summed E-state index contributed by atoms with van der Waals surface area (Å²) in [6.07, 6.45) is 3.24.